The highest BCUT2D eigenvalue weighted by atomic mass is 32.2. The second-order valence-electron chi connectivity index (χ2n) is 6.68. The van der Waals surface area contributed by atoms with Gasteiger partial charge in [-0.25, -0.2) is 9.50 Å². The number of aromatic nitrogens is 5. The largest absolute Gasteiger partial charge is 0.457 e. The second kappa shape index (κ2) is 7.75. The van der Waals surface area contributed by atoms with Crippen molar-refractivity contribution in [2.24, 2.45) is 7.05 Å². The van der Waals surface area contributed by atoms with Crippen LogP contribution in [0.4, 0.5) is 0 Å². The van der Waals surface area contributed by atoms with Crippen molar-refractivity contribution in [3.05, 3.63) is 40.0 Å². The molecule has 0 fully saturated rings. The van der Waals surface area contributed by atoms with Crippen LogP contribution in [0.3, 0.4) is 0 Å². The molecule has 0 aliphatic carbocycles. The molecule has 0 atom stereocenters. The van der Waals surface area contributed by atoms with Crippen LogP contribution in [0.1, 0.15) is 38.7 Å². The lowest BCUT2D eigenvalue weighted by molar-refractivity contribution is -0.141. The monoisotopic (exact) mass is 401 g/mol. The molecule has 0 N–H and O–H groups in total. The van der Waals surface area contributed by atoms with Crippen LogP contribution in [0.5, 0.6) is 0 Å². The van der Waals surface area contributed by atoms with Crippen molar-refractivity contribution >= 4 is 29.3 Å². The number of nitrogens with zero attached hydrogens (tertiary/aromatic N) is 5. The van der Waals surface area contributed by atoms with Crippen molar-refractivity contribution in [2.75, 3.05) is 12.9 Å². The minimum absolute atomic E-state index is 0.0230. The zero-order chi connectivity index (χ0) is 20.6. The predicted octanol–water partition coefficient (Wildman–Crippen LogP) is 2.39. The van der Waals surface area contributed by atoms with E-state index in [9.17, 15) is 9.59 Å². The summed E-state index contributed by atoms with van der Waals surface area (Å²) in [5.41, 5.74) is 4.63. The Kier molecular flexibility index (Phi) is 5.55. The first kappa shape index (κ1) is 20.1. The van der Waals surface area contributed by atoms with Crippen molar-refractivity contribution in [1.29, 1.82) is 0 Å². The smallest absolute Gasteiger partial charge is 0.310 e. The second-order valence-corrected chi connectivity index (χ2v) is 7.45. The van der Waals surface area contributed by atoms with Crippen molar-refractivity contribution in [3.8, 4) is 0 Å². The van der Waals surface area contributed by atoms with E-state index < -0.39 is 5.97 Å². The van der Waals surface area contributed by atoms with Gasteiger partial charge in [0.15, 0.2) is 6.61 Å². The highest BCUT2D eigenvalue weighted by Crippen LogP contribution is 2.18. The molecule has 0 radical (unpaired) electrons. The summed E-state index contributed by atoms with van der Waals surface area (Å²) in [7, 11) is 1.90. The van der Waals surface area contributed by atoms with Crippen LogP contribution in [-0.4, -0.2) is 48.8 Å². The lowest BCUT2D eigenvalue weighted by Gasteiger charge is -2.10. The van der Waals surface area contributed by atoms with E-state index >= 15 is 0 Å². The van der Waals surface area contributed by atoms with Crippen LogP contribution in [0.25, 0.3) is 5.78 Å². The van der Waals surface area contributed by atoms with E-state index in [1.165, 1.54) is 11.8 Å². The molecule has 3 heterocycles. The maximum Gasteiger partial charge on any atom is 0.310 e. The lowest BCUT2D eigenvalue weighted by Crippen LogP contribution is -2.18. The first-order valence-corrected chi connectivity index (χ1v) is 10.0. The molecule has 0 saturated carbocycles. The van der Waals surface area contributed by atoms with E-state index in [2.05, 4.69) is 15.1 Å². The third-order valence-electron chi connectivity index (χ3n) is 4.97. The zero-order valence-electron chi connectivity index (χ0n) is 16.9. The molecular weight excluding hydrogens is 378 g/mol. The molecule has 0 aliphatic rings. The highest BCUT2D eigenvalue weighted by molar-refractivity contribution is 7.98. The normalized spacial score (nSPS) is 11.2. The van der Waals surface area contributed by atoms with E-state index in [-0.39, 0.29) is 18.8 Å². The first-order chi connectivity index (χ1) is 13.2. The molecule has 28 heavy (non-hydrogen) atoms. The molecule has 148 valence electrons. The van der Waals surface area contributed by atoms with Gasteiger partial charge in [-0.1, -0.05) is 11.8 Å². The van der Waals surface area contributed by atoms with Gasteiger partial charge in [0.1, 0.15) is 0 Å². The molecular formula is C19H23N5O3S. The van der Waals surface area contributed by atoms with Gasteiger partial charge in [0.25, 0.3) is 5.78 Å². The van der Waals surface area contributed by atoms with E-state index in [0.29, 0.717) is 22.2 Å². The van der Waals surface area contributed by atoms with Gasteiger partial charge in [-0.2, -0.15) is 4.98 Å². The number of rotatable bonds is 6. The molecule has 0 aliphatic heterocycles. The van der Waals surface area contributed by atoms with E-state index in [0.717, 1.165) is 22.6 Å². The number of esters is 1. The van der Waals surface area contributed by atoms with Gasteiger partial charge >= 0.3 is 5.97 Å². The Morgan fingerprint density at radius 2 is 1.86 bits per heavy atom. The number of carbonyl (C=O) groups is 2. The van der Waals surface area contributed by atoms with Crippen LogP contribution < -0.4 is 0 Å². The molecule has 0 unspecified atom stereocenters. The molecule has 3 aromatic heterocycles. The molecule has 9 heteroatoms. The molecule has 0 aromatic carbocycles. The number of carbonyl (C=O) groups excluding carboxylic acids is 2. The number of thioether (sulfide) groups is 1. The third kappa shape index (κ3) is 3.66. The van der Waals surface area contributed by atoms with Crippen LogP contribution in [-0.2, 0) is 23.0 Å². The average Bonchev–Trinajstić information content (AvgIpc) is 3.19. The number of ether oxygens (including phenoxy) is 1. The van der Waals surface area contributed by atoms with Crippen molar-refractivity contribution in [3.63, 3.8) is 0 Å². The van der Waals surface area contributed by atoms with Crippen LogP contribution in [0.2, 0.25) is 0 Å². The Morgan fingerprint density at radius 1 is 1.14 bits per heavy atom. The van der Waals surface area contributed by atoms with E-state index in [4.69, 9.17) is 4.74 Å². The highest BCUT2D eigenvalue weighted by Gasteiger charge is 2.19. The Morgan fingerprint density at radius 3 is 2.46 bits per heavy atom. The lowest BCUT2D eigenvalue weighted by atomic mass is 10.1. The summed E-state index contributed by atoms with van der Waals surface area (Å²) in [6, 6.07) is 1.81. The zero-order valence-corrected chi connectivity index (χ0v) is 17.7. The standard InChI is InChI=1S/C19H23N5O3S/c1-10-7-15(12(3)23(10)5)16(25)9-27-17(26)8-14-11(2)20-18-21-19(28-6)22-24(18)13(14)4/h7H,8-9H2,1-6H3. The number of hydrogen-bond donors (Lipinski definition) is 0. The van der Waals surface area contributed by atoms with Gasteiger partial charge in [0, 0.05) is 41.0 Å². The Balaban J connectivity index is 1.72. The van der Waals surface area contributed by atoms with Crippen LogP contribution >= 0.6 is 11.8 Å². The van der Waals surface area contributed by atoms with E-state index in [1.807, 2.05) is 51.6 Å². The molecule has 3 aromatic rings. The third-order valence-corrected chi connectivity index (χ3v) is 5.51. The van der Waals surface area contributed by atoms with Gasteiger partial charge in [-0.05, 0) is 40.0 Å². The number of ketones is 1. The molecule has 0 amide bonds. The number of fused-ring (bicyclic) bond motifs is 1. The summed E-state index contributed by atoms with van der Waals surface area (Å²) in [5, 5.41) is 4.99. The SMILES string of the molecule is CSc1nc2nc(C)c(CC(=O)OCC(=O)c3cc(C)n(C)c3C)c(C)n2n1. The maximum absolute atomic E-state index is 12.4. The number of aryl methyl sites for hydroxylation is 3. The quantitative estimate of drug-likeness (QED) is 0.356. The van der Waals surface area contributed by atoms with Crippen LogP contribution in [0.15, 0.2) is 11.2 Å². The maximum atomic E-state index is 12.4. The molecule has 3 rings (SSSR count). The Labute approximate surface area is 167 Å². The molecule has 8 nitrogen and oxygen atoms in total. The summed E-state index contributed by atoms with van der Waals surface area (Å²) < 4.78 is 8.80. The van der Waals surface area contributed by atoms with Crippen molar-refractivity contribution < 1.29 is 14.3 Å². The predicted molar refractivity (Wildman–Crippen MR) is 106 cm³/mol. The summed E-state index contributed by atoms with van der Waals surface area (Å²) in [4.78, 5) is 33.5. The number of hydrogen-bond acceptors (Lipinski definition) is 7. The Hall–Kier alpha value is -2.68. The van der Waals surface area contributed by atoms with Gasteiger partial charge in [0.2, 0.25) is 10.9 Å². The average molecular weight is 401 g/mol. The fourth-order valence-corrected chi connectivity index (χ4v) is 3.43. The van der Waals surface area contributed by atoms with Crippen molar-refractivity contribution in [2.45, 2.75) is 39.3 Å². The summed E-state index contributed by atoms with van der Waals surface area (Å²) in [5.74, 6) is -0.185. The minimum Gasteiger partial charge on any atom is -0.457 e. The van der Waals surface area contributed by atoms with Gasteiger partial charge < -0.3 is 9.30 Å². The van der Waals surface area contributed by atoms with Gasteiger partial charge in [0.05, 0.1) is 6.42 Å². The van der Waals surface area contributed by atoms with E-state index in [1.54, 1.807) is 4.52 Å². The minimum atomic E-state index is -0.476. The molecule has 0 spiro atoms. The summed E-state index contributed by atoms with van der Waals surface area (Å²) in [6.45, 7) is 7.21. The fraction of sp³-hybridized carbons (Fsp3) is 0.421. The van der Waals surface area contributed by atoms with Gasteiger partial charge in [-0.3, -0.25) is 9.59 Å². The number of Topliss-reactive ketones (excluding diaryl/α,β-unsaturated/α-hetero) is 1. The first-order valence-electron chi connectivity index (χ1n) is 8.81. The van der Waals surface area contributed by atoms with Crippen LogP contribution in [0, 0.1) is 27.7 Å². The topological polar surface area (TPSA) is 91.4 Å². The van der Waals surface area contributed by atoms with Gasteiger partial charge in [-0.15, -0.1) is 5.10 Å². The summed E-state index contributed by atoms with van der Waals surface area (Å²) in [6.07, 6.45) is 1.91. The fourth-order valence-electron chi connectivity index (χ4n) is 3.09. The Bertz CT molecular complexity index is 1080. The van der Waals surface area contributed by atoms with Crippen molar-refractivity contribution in [1.82, 2.24) is 24.1 Å². The molecule has 0 bridgehead atoms. The summed E-state index contributed by atoms with van der Waals surface area (Å²) >= 11 is 1.43. The molecule has 0 saturated heterocycles.